The molecule has 112 valence electrons. The number of nitrogens with zero attached hydrogens (tertiary/aromatic N) is 2. The molecule has 1 aliphatic carbocycles. The Hall–Kier alpha value is 0.0500. The van der Waals surface area contributed by atoms with Crippen LogP contribution in [0.3, 0.4) is 0 Å². The minimum Gasteiger partial charge on any atom is -0.300 e. The average Bonchev–Trinajstić information content (AvgIpc) is 3.13. The van der Waals surface area contributed by atoms with Crippen molar-refractivity contribution in [1.29, 1.82) is 0 Å². The van der Waals surface area contributed by atoms with Crippen molar-refractivity contribution < 1.29 is 8.42 Å². The summed E-state index contributed by atoms with van der Waals surface area (Å²) in [5, 5.41) is 0. The van der Waals surface area contributed by atoms with Gasteiger partial charge in [-0.15, -0.1) is 11.3 Å². The molecule has 0 spiro atoms. The van der Waals surface area contributed by atoms with Crippen LogP contribution in [0.25, 0.3) is 0 Å². The zero-order chi connectivity index (χ0) is 14.3. The second kappa shape index (κ2) is 5.68. The molecule has 0 radical (unpaired) electrons. The smallest absolute Gasteiger partial charge is 0.244 e. The predicted molar refractivity (Wildman–Crippen MR) is 84.7 cm³/mol. The van der Waals surface area contributed by atoms with E-state index in [0.29, 0.717) is 18.0 Å². The molecule has 3 rings (SSSR count). The van der Waals surface area contributed by atoms with Crippen LogP contribution < -0.4 is 0 Å². The number of sulfonamides is 1. The number of hydrogen-bond donors (Lipinski definition) is 0. The molecule has 2 fully saturated rings. The van der Waals surface area contributed by atoms with Crippen LogP contribution in [0.4, 0.5) is 0 Å². The van der Waals surface area contributed by atoms with Crippen molar-refractivity contribution in [2.24, 2.45) is 5.92 Å². The van der Waals surface area contributed by atoms with E-state index in [4.69, 9.17) is 0 Å². The fourth-order valence-electron chi connectivity index (χ4n) is 2.64. The van der Waals surface area contributed by atoms with Crippen LogP contribution in [0.5, 0.6) is 0 Å². The van der Waals surface area contributed by atoms with Crippen molar-refractivity contribution in [2.45, 2.75) is 24.7 Å². The Morgan fingerprint density at radius 2 is 1.95 bits per heavy atom. The molecule has 0 amide bonds. The maximum Gasteiger partial charge on any atom is 0.244 e. The van der Waals surface area contributed by atoms with Crippen molar-refractivity contribution in [3.8, 4) is 0 Å². The van der Waals surface area contributed by atoms with Gasteiger partial charge in [0.25, 0.3) is 0 Å². The molecule has 1 saturated heterocycles. The van der Waals surface area contributed by atoms with E-state index >= 15 is 0 Å². The summed E-state index contributed by atoms with van der Waals surface area (Å²) in [6.45, 7) is 5.96. The number of hydrogen-bond acceptors (Lipinski definition) is 4. The van der Waals surface area contributed by atoms with Crippen molar-refractivity contribution >= 4 is 37.3 Å². The quantitative estimate of drug-likeness (QED) is 0.807. The highest BCUT2D eigenvalue weighted by Gasteiger charge is 2.32. The first-order chi connectivity index (χ1) is 9.46. The monoisotopic (exact) mass is 378 g/mol. The van der Waals surface area contributed by atoms with Crippen LogP contribution >= 0.6 is 27.3 Å². The molecule has 0 atom stereocenters. The average molecular weight is 379 g/mol. The number of aryl methyl sites for hydroxylation is 1. The van der Waals surface area contributed by atoms with E-state index in [2.05, 4.69) is 20.8 Å². The molecule has 0 bridgehead atoms. The van der Waals surface area contributed by atoms with E-state index in [9.17, 15) is 8.42 Å². The van der Waals surface area contributed by atoms with Crippen LogP contribution in [0.15, 0.2) is 14.7 Å². The van der Waals surface area contributed by atoms with Crippen LogP contribution in [-0.4, -0.2) is 50.3 Å². The first kappa shape index (κ1) is 15.0. The first-order valence-electron chi connectivity index (χ1n) is 6.95. The Morgan fingerprint density at radius 1 is 1.30 bits per heavy atom. The summed E-state index contributed by atoms with van der Waals surface area (Å²) >= 11 is 4.85. The molecule has 4 nitrogen and oxygen atoms in total. The summed E-state index contributed by atoms with van der Waals surface area (Å²) in [5.41, 5.74) is 0. The molecule has 20 heavy (non-hydrogen) atoms. The lowest BCUT2D eigenvalue weighted by Gasteiger charge is -2.33. The molecule has 7 heteroatoms. The molecule has 2 aliphatic rings. The summed E-state index contributed by atoms with van der Waals surface area (Å²) in [6, 6.07) is 1.73. The van der Waals surface area contributed by atoms with E-state index in [1.807, 2.05) is 6.92 Å². The number of rotatable bonds is 4. The second-order valence-corrected chi connectivity index (χ2v) is 10.2. The highest BCUT2D eigenvalue weighted by molar-refractivity contribution is 9.11. The summed E-state index contributed by atoms with van der Waals surface area (Å²) in [7, 11) is -3.32. The zero-order valence-electron chi connectivity index (χ0n) is 11.5. The van der Waals surface area contributed by atoms with Crippen molar-refractivity contribution in [3.05, 3.63) is 14.7 Å². The van der Waals surface area contributed by atoms with Crippen molar-refractivity contribution in [3.63, 3.8) is 0 Å². The summed E-state index contributed by atoms with van der Waals surface area (Å²) < 4.78 is 27.8. The van der Waals surface area contributed by atoms with E-state index in [1.165, 1.54) is 24.2 Å². The standard InChI is InChI=1S/C13H19BrN2O2S2/c1-10-12(8-13(14)19-10)20(17,18)16-6-4-15(5-7-16)9-11-2-3-11/h8,11H,2-7,9H2,1H3. The first-order valence-corrected chi connectivity index (χ1v) is 10.0. The highest BCUT2D eigenvalue weighted by Crippen LogP contribution is 2.33. The Morgan fingerprint density at radius 3 is 2.45 bits per heavy atom. The molecule has 0 unspecified atom stereocenters. The van der Waals surface area contributed by atoms with E-state index in [0.717, 1.165) is 34.2 Å². The van der Waals surface area contributed by atoms with Gasteiger partial charge >= 0.3 is 0 Å². The molecule has 1 aromatic heterocycles. The van der Waals surface area contributed by atoms with Crippen LogP contribution in [0.2, 0.25) is 0 Å². The summed E-state index contributed by atoms with van der Waals surface area (Å²) in [6.07, 6.45) is 2.70. The van der Waals surface area contributed by atoms with Gasteiger partial charge in [-0.2, -0.15) is 4.31 Å². The summed E-state index contributed by atoms with van der Waals surface area (Å²) in [4.78, 5) is 3.72. The van der Waals surface area contributed by atoms with Gasteiger partial charge in [-0.25, -0.2) is 8.42 Å². The third kappa shape index (κ3) is 3.11. The van der Waals surface area contributed by atoms with Crippen LogP contribution in [0.1, 0.15) is 17.7 Å². The Labute approximate surface area is 132 Å². The van der Waals surface area contributed by atoms with Gasteiger partial charge in [0.05, 0.1) is 8.68 Å². The molecule has 0 N–H and O–H groups in total. The zero-order valence-corrected chi connectivity index (χ0v) is 14.7. The summed E-state index contributed by atoms with van der Waals surface area (Å²) in [5.74, 6) is 0.869. The van der Waals surface area contributed by atoms with Crippen LogP contribution in [0, 0.1) is 12.8 Å². The minimum absolute atomic E-state index is 0.463. The van der Waals surface area contributed by atoms with E-state index in [1.54, 1.807) is 10.4 Å². The Balaban J connectivity index is 1.68. The Bertz CT molecular complexity index is 588. The number of piperazine rings is 1. The largest absolute Gasteiger partial charge is 0.300 e. The van der Waals surface area contributed by atoms with Gasteiger partial charge < -0.3 is 4.90 Å². The fraction of sp³-hybridized carbons (Fsp3) is 0.692. The molecule has 0 aromatic carbocycles. The maximum atomic E-state index is 12.7. The highest BCUT2D eigenvalue weighted by atomic mass is 79.9. The molecule has 1 aromatic rings. The fourth-order valence-corrected chi connectivity index (χ4v) is 6.45. The topological polar surface area (TPSA) is 40.6 Å². The predicted octanol–water partition coefficient (Wildman–Crippen LogP) is 2.54. The lowest BCUT2D eigenvalue weighted by molar-refractivity contribution is 0.182. The third-order valence-electron chi connectivity index (χ3n) is 4.00. The van der Waals surface area contributed by atoms with Gasteiger partial charge in [-0.1, -0.05) is 0 Å². The third-order valence-corrected chi connectivity index (χ3v) is 7.71. The molecule has 1 aliphatic heterocycles. The maximum absolute atomic E-state index is 12.7. The normalized spacial score (nSPS) is 22.3. The second-order valence-electron chi connectivity index (χ2n) is 5.62. The van der Waals surface area contributed by atoms with Gasteiger partial charge in [-0.05, 0) is 47.7 Å². The molecule has 1 saturated carbocycles. The van der Waals surface area contributed by atoms with Gasteiger partial charge in [0.15, 0.2) is 0 Å². The van der Waals surface area contributed by atoms with Gasteiger partial charge in [0.2, 0.25) is 10.0 Å². The minimum atomic E-state index is -3.32. The lowest BCUT2D eigenvalue weighted by Crippen LogP contribution is -2.49. The molecular weight excluding hydrogens is 360 g/mol. The van der Waals surface area contributed by atoms with Crippen molar-refractivity contribution in [2.75, 3.05) is 32.7 Å². The SMILES string of the molecule is Cc1sc(Br)cc1S(=O)(=O)N1CCN(CC2CC2)CC1. The van der Waals surface area contributed by atoms with Gasteiger partial charge in [0.1, 0.15) is 0 Å². The van der Waals surface area contributed by atoms with E-state index in [-0.39, 0.29) is 0 Å². The molecule has 2 heterocycles. The van der Waals surface area contributed by atoms with Crippen LogP contribution in [-0.2, 0) is 10.0 Å². The van der Waals surface area contributed by atoms with Gasteiger partial charge in [0, 0.05) is 37.6 Å². The molecular formula is C13H19BrN2O2S2. The number of thiophene rings is 1. The van der Waals surface area contributed by atoms with Gasteiger partial charge in [-0.3, -0.25) is 0 Å². The lowest BCUT2D eigenvalue weighted by atomic mass is 10.3. The van der Waals surface area contributed by atoms with Crippen molar-refractivity contribution in [1.82, 2.24) is 9.21 Å². The van der Waals surface area contributed by atoms with E-state index < -0.39 is 10.0 Å². The Kier molecular flexibility index (Phi) is 4.25. The number of halogens is 1.